The molecule has 0 unspecified atom stereocenters. The molecular formula is C15H13FN2O2S. The zero-order valence-corrected chi connectivity index (χ0v) is 12.1. The summed E-state index contributed by atoms with van der Waals surface area (Å²) in [5.41, 5.74) is 7.16. The Bertz CT molecular complexity index is 839. The Morgan fingerprint density at radius 2 is 1.95 bits per heavy atom. The molecule has 2 rings (SSSR count). The summed E-state index contributed by atoms with van der Waals surface area (Å²) < 4.78 is 38.0. The molecule has 21 heavy (non-hydrogen) atoms. The third kappa shape index (κ3) is 3.38. The van der Waals surface area contributed by atoms with Crippen molar-refractivity contribution in [3.8, 4) is 6.07 Å². The summed E-state index contributed by atoms with van der Waals surface area (Å²) in [5, 5.41) is 8.79. The minimum atomic E-state index is -3.63. The van der Waals surface area contributed by atoms with Gasteiger partial charge in [0.2, 0.25) is 0 Å². The number of rotatable bonds is 3. The lowest BCUT2D eigenvalue weighted by Crippen LogP contribution is -2.06. The first-order valence-corrected chi connectivity index (χ1v) is 7.75. The number of nitrogens with zero attached hydrogens (tertiary/aromatic N) is 1. The van der Waals surface area contributed by atoms with Crippen molar-refractivity contribution < 1.29 is 12.8 Å². The molecule has 0 spiro atoms. The summed E-state index contributed by atoms with van der Waals surface area (Å²) in [6.45, 7) is 1.71. The molecule has 0 saturated heterocycles. The fraction of sp³-hybridized carbons (Fsp3) is 0.133. The first kappa shape index (κ1) is 15.0. The van der Waals surface area contributed by atoms with Crippen LogP contribution in [0.3, 0.4) is 0 Å². The molecule has 0 aromatic heterocycles. The van der Waals surface area contributed by atoms with Crippen molar-refractivity contribution in [2.75, 3.05) is 5.73 Å². The average molecular weight is 304 g/mol. The number of halogens is 1. The van der Waals surface area contributed by atoms with E-state index >= 15 is 0 Å². The SMILES string of the molecule is Cc1cc(S(=O)(=O)Cc2cc(F)cc(C#N)c2)ccc1N. The molecule has 0 aliphatic rings. The van der Waals surface area contributed by atoms with Gasteiger partial charge in [-0.2, -0.15) is 5.26 Å². The Labute approximate surface area is 122 Å². The van der Waals surface area contributed by atoms with Crippen LogP contribution >= 0.6 is 0 Å². The number of benzene rings is 2. The molecule has 2 aromatic carbocycles. The smallest absolute Gasteiger partial charge is 0.182 e. The van der Waals surface area contributed by atoms with Gasteiger partial charge in [-0.3, -0.25) is 0 Å². The van der Waals surface area contributed by atoms with Gasteiger partial charge in [-0.25, -0.2) is 12.8 Å². The highest BCUT2D eigenvalue weighted by Gasteiger charge is 2.17. The molecule has 2 aromatic rings. The maximum atomic E-state index is 13.3. The molecule has 0 saturated carbocycles. The van der Waals surface area contributed by atoms with Gasteiger partial charge in [0.15, 0.2) is 9.84 Å². The molecule has 0 bridgehead atoms. The van der Waals surface area contributed by atoms with E-state index in [1.165, 1.54) is 24.3 Å². The number of nitrogen functional groups attached to an aromatic ring is 1. The number of sulfone groups is 1. The maximum absolute atomic E-state index is 13.3. The van der Waals surface area contributed by atoms with Crippen LogP contribution in [-0.2, 0) is 15.6 Å². The Morgan fingerprint density at radius 3 is 2.57 bits per heavy atom. The van der Waals surface area contributed by atoms with Crippen LogP contribution in [0.1, 0.15) is 16.7 Å². The van der Waals surface area contributed by atoms with Crippen molar-refractivity contribution in [3.63, 3.8) is 0 Å². The van der Waals surface area contributed by atoms with Crippen LogP contribution in [0, 0.1) is 24.1 Å². The van der Waals surface area contributed by atoms with Crippen LogP contribution in [0.2, 0.25) is 0 Å². The zero-order chi connectivity index (χ0) is 15.6. The van der Waals surface area contributed by atoms with Crippen molar-refractivity contribution >= 4 is 15.5 Å². The van der Waals surface area contributed by atoms with E-state index in [1.807, 2.05) is 0 Å². The van der Waals surface area contributed by atoms with Crippen molar-refractivity contribution in [1.82, 2.24) is 0 Å². The van der Waals surface area contributed by atoms with Crippen LogP contribution < -0.4 is 5.73 Å². The van der Waals surface area contributed by atoms with E-state index in [0.717, 1.165) is 12.1 Å². The molecule has 0 amide bonds. The van der Waals surface area contributed by atoms with Gasteiger partial charge in [-0.05, 0) is 54.4 Å². The monoisotopic (exact) mass is 304 g/mol. The highest BCUT2D eigenvalue weighted by molar-refractivity contribution is 7.90. The summed E-state index contributed by atoms with van der Waals surface area (Å²) in [7, 11) is -3.63. The second kappa shape index (κ2) is 5.54. The van der Waals surface area contributed by atoms with Crippen LogP contribution in [0.15, 0.2) is 41.3 Å². The third-order valence-electron chi connectivity index (χ3n) is 3.04. The predicted molar refractivity (Wildman–Crippen MR) is 77.6 cm³/mol. The van der Waals surface area contributed by atoms with Gasteiger partial charge in [0, 0.05) is 5.69 Å². The molecule has 0 heterocycles. The number of nitrogens with two attached hydrogens (primary N) is 1. The zero-order valence-electron chi connectivity index (χ0n) is 11.3. The van der Waals surface area contributed by atoms with E-state index in [1.54, 1.807) is 13.0 Å². The van der Waals surface area contributed by atoms with Gasteiger partial charge in [0.25, 0.3) is 0 Å². The lowest BCUT2D eigenvalue weighted by molar-refractivity contribution is 0.594. The minimum Gasteiger partial charge on any atom is -0.399 e. The van der Waals surface area contributed by atoms with Crippen molar-refractivity contribution in [3.05, 3.63) is 58.9 Å². The molecule has 108 valence electrons. The Balaban J connectivity index is 2.40. The largest absolute Gasteiger partial charge is 0.399 e. The van der Waals surface area contributed by atoms with E-state index in [9.17, 15) is 12.8 Å². The van der Waals surface area contributed by atoms with Gasteiger partial charge in [-0.15, -0.1) is 0 Å². The summed E-state index contributed by atoms with van der Waals surface area (Å²) in [6.07, 6.45) is 0. The van der Waals surface area contributed by atoms with E-state index in [2.05, 4.69) is 0 Å². The van der Waals surface area contributed by atoms with E-state index in [4.69, 9.17) is 11.0 Å². The minimum absolute atomic E-state index is 0.0914. The normalized spacial score (nSPS) is 11.1. The molecule has 0 aliphatic heterocycles. The van der Waals surface area contributed by atoms with Crippen LogP contribution in [0.5, 0.6) is 0 Å². The van der Waals surface area contributed by atoms with E-state index in [0.29, 0.717) is 11.3 Å². The van der Waals surface area contributed by atoms with Gasteiger partial charge < -0.3 is 5.73 Å². The van der Waals surface area contributed by atoms with Gasteiger partial charge in [0.05, 0.1) is 22.3 Å². The number of anilines is 1. The quantitative estimate of drug-likeness (QED) is 0.883. The number of nitriles is 1. The van der Waals surface area contributed by atoms with Crippen LogP contribution in [0.25, 0.3) is 0 Å². The number of aryl methyl sites for hydroxylation is 1. The molecule has 6 heteroatoms. The van der Waals surface area contributed by atoms with Crippen molar-refractivity contribution in [2.24, 2.45) is 0 Å². The summed E-state index contributed by atoms with van der Waals surface area (Å²) in [5.74, 6) is -1.00. The summed E-state index contributed by atoms with van der Waals surface area (Å²) in [4.78, 5) is 0.122. The molecule has 0 radical (unpaired) electrons. The van der Waals surface area contributed by atoms with Gasteiger partial charge in [-0.1, -0.05) is 0 Å². The molecule has 2 N–H and O–H groups in total. The Kier molecular flexibility index (Phi) is 3.96. The van der Waals surface area contributed by atoms with Crippen molar-refractivity contribution in [1.29, 1.82) is 5.26 Å². The lowest BCUT2D eigenvalue weighted by Gasteiger charge is -2.07. The van der Waals surface area contributed by atoms with Gasteiger partial charge in [0.1, 0.15) is 5.82 Å². The first-order chi connectivity index (χ1) is 9.81. The summed E-state index contributed by atoms with van der Waals surface area (Å²) >= 11 is 0. The maximum Gasteiger partial charge on any atom is 0.182 e. The highest BCUT2D eigenvalue weighted by atomic mass is 32.2. The Hall–Kier alpha value is -2.39. The third-order valence-corrected chi connectivity index (χ3v) is 4.73. The predicted octanol–water partition coefficient (Wildman–Crippen LogP) is 2.56. The first-order valence-electron chi connectivity index (χ1n) is 6.10. The summed E-state index contributed by atoms with van der Waals surface area (Å²) in [6, 6.07) is 9.76. The molecule has 4 nitrogen and oxygen atoms in total. The standard InChI is InChI=1S/C15H13FN2O2S/c1-10-4-14(2-3-15(10)18)21(19,20)9-12-5-11(8-17)6-13(16)7-12/h2-7H,9,18H2,1H3. The molecule has 0 atom stereocenters. The number of hydrogen-bond donors (Lipinski definition) is 1. The second-order valence-corrected chi connectivity index (χ2v) is 6.73. The van der Waals surface area contributed by atoms with Crippen LogP contribution in [0.4, 0.5) is 10.1 Å². The fourth-order valence-electron chi connectivity index (χ4n) is 1.94. The second-order valence-electron chi connectivity index (χ2n) is 4.74. The number of hydrogen-bond acceptors (Lipinski definition) is 4. The van der Waals surface area contributed by atoms with Gasteiger partial charge >= 0.3 is 0 Å². The van der Waals surface area contributed by atoms with E-state index in [-0.39, 0.29) is 21.8 Å². The highest BCUT2D eigenvalue weighted by Crippen LogP contribution is 2.21. The van der Waals surface area contributed by atoms with Crippen molar-refractivity contribution in [2.45, 2.75) is 17.6 Å². The molecule has 0 aliphatic carbocycles. The van der Waals surface area contributed by atoms with E-state index < -0.39 is 15.7 Å². The van der Waals surface area contributed by atoms with Crippen LogP contribution in [-0.4, -0.2) is 8.42 Å². The average Bonchev–Trinajstić information content (AvgIpc) is 2.40. The fourth-order valence-corrected chi connectivity index (χ4v) is 3.35. The molecular weight excluding hydrogens is 291 g/mol. The Morgan fingerprint density at radius 1 is 1.24 bits per heavy atom. The lowest BCUT2D eigenvalue weighted by atomic mass is 10.1. The topological polar surface area (TPSA) is 84.0 Å². The molecule has 0 fully saturated rings.